The van der Waals surface area contributed by atoms with E-state index >= 15 is 0 Å². The molecular weight excluding hydrogens is 250 g/mol. The van der Waals surface area contributed by atoms with Crippen molar-refractivity contribution in [2.45, 2.75) is 39.5 Å². The Hall–Kier alpha value is -1.36. The van der Waals surface area contributed by atoms with Crippen molar-refractivity contribution < 1.29 is 14.7 Å². The summed E-state index contributed by atoms with van der Waals surface area (Å²) >= 11 is 1.12. The SMILES string of the molecule is CCCC(CCC)C(=O)Nc1ccsc1C(=O)O. The molecule has 0 aliphatic rings. The van der Waals surface area contributed by atoms with E-state index < -0.39 is 5.97 Å². The molecule has 0 aliphatic carbocycles. The van der Waals surface area contributed by atoms with E-state index in [4.69, 9.17) is 5.11 Å². The third-order valence-electron chi connectivity index (χ3n) is 2.76. The Kier molecular flexibility index (Phi) is 5.85. The number of anilines is 1. The summed E-state index contributed by atoms with van der Waals surface area (Å²) in [5, 5.41) is 13.4. The first kappa shape index (κ1) is 14.7. The van der Waals surface area contributed by atoms with E-state index in [9.17, 15) is 9.59 Å². The number of aromatic carboxylic acids is 1. The number of carboxylic acids is 1. The van der Waals surface area contributed by atoms with Crippen molar-refractivity contribution in [3.05, 3.63) is 16.3 Å². The molecule has 0 aliphatic heterocycles. The Morgan fingerprint density at radius 1 is 1.33 bits per heavy atom. The average molecular weight is 269 g/mol. The Balaban J connectivity index is 2.72. The van der Waals surface area contributed by atoms with Gasteiger partial charge in [-0.15, -0.1) is 11.3 Å². The van der Waals surface area contributed by atoms with Crippen LogP contribution >= 0.6 is 11.3 Å². The lowest BCUT2D eigenvalue weighted by atomic mass is 9.97. The summed E-state index contributed by atoms with van der Waals surface area (Å²) in [7, 11) is 0. The van der Waals surface area contributed by atoms with Gasteiger partial charge in [-0.05, 0) is 24.3 Å². The van der Waals surface area contributed by atoms with Crippen LogP contribution < -0.4 is 5.32 Å². The minimum Gasteiger partial charge on any atom is -0.477 e. The zero-order chi connectivity index (χ0) is 13.5. The lowest BCUT2D eigenvalue weighted by molar-refractivity contribution is -0.120. The van der Waals surface area contributed by atoms with Crippen LogP contribution in [0.3, 0.4) is 0 Å². The van der Waals surface area contributed by atoms with Crippen molar-refractivity contribution in [2.24, 2.45) is 5.92 Å². The summed E-state index contributed by atoms with van der Waals surface area (Å²) in [6.07, 6.45) is 3.58. The number of hydrogen-bond donors (Lipinski definition) is 2. The molecule has 100 valence electrons. The van der Waals surface area contributed by atoms with Crippen molar-refractivity contribution >= 4 is 28.9 Å². The molecule has 2 N–H and O–H groups in total. The van der Waals surface area contributed by atoms with E-state index in [2.05, 4.69) is 5.32 Å². The summed E-state index contributed by atoms with van der Waals surface area (Å²) < 4.78 is 0. The van der Waals surface area contributed by atoms with Gasteiger partial charge in [0.25, 0.3) is 0 Å². The Labute approximate surface area is 111 Å². The molecule has 1 aromatic heterocycles. The second kappa shape index (κ2) is 7.16. The van der Waals surface area contributed by atoms with Crippen LogP contribution in [-0.2, 0) is 4.79 Å². The number of hydrogen-bond acceptors (Lipinski definition) is 3. The molecule has 18 heavy (non-hydrogen) atoms. The van der Waals surface area contributed by atoms with Gasteiger partial charge in [0.05, 0.1) is 5.69 Å². The summed E-state index contributed by atoms with van der Waals surface area (Å²) in [6, 6.07) is 1.64. The fourth-order valence-corrected chi connectivity index (χ4v) is 2.60. The van der Waals surface area contributed by atoms with Crippen molar-refractivity contribution in [1.82, 2.24) is 0 Å². The van der Waals surface area contributed by atoms with E-state index in [1.807, 2.05) is 13.8 Å². The predicted octanol–water partition coefficient (Wildman–Crippen LogP) is 3.60. The fourth-order valence-electron chi connectivity index (χ4n) is 1.91. The van der Waals surface area contributed by atoms with Crippen LogP contribution in [-0.4, -0.2) is 17.0 Å². The second-order valence-electron chi connectivity index (χ2n) is 4.23. The molecule has 0 saturated carbocycles. The van der Waals surface area contributed by atoms with Gasteiger partial charge in [-0.25, -0.2) is 4.79 Å². The largest absolute Gasteiger partial charge is 0.477 e. The summed E-state index contributed by atoms with van der Waals surface area (Å²) in [6.45, 7) is 4.09. The van der Waals surface area contributed by atoms with Crippen molar-refractivity contribution in [3.63, 3.8) is 0 Å². The highest BCUT2D eigenvalue weighted by Gasteiger charge is 2.19. The first-order valence-corrected chi connectivity index (χ1v) is 7.09. The summed E-state index contributed by atoms with van der Waals surface area (Å²) in [5.74, 6) is -1.09. The molecule has 1 amide bonds. The van der Waals surface area contributed by atoms with Gasteiger partial charge < -0.3 is 10.4 Å². The zero-order valence-corrected chi connectivity index (χ0v) is 11.5. The van der Waals surface area contributed by atoms with Gasteiger partial charge in [0.2, 0.25) is 5.91 Å². The highest BCUT2D eigenvalue weighted by molar-refractivity contribution is 7.12. The van der Waals surface area contributed by atoms with Crippen molar-refractivity contribution in [1.29, 1.82) is 0 Å². The molecule has 1 heterocycles. The Morgan fingerprint density at radius 2 is 1.94 bits per heavy atom. The molecule has 1 aromatic rings. The topological polar surface area (TPSA) is 66.4 Å². The molecule has 0 bridgehead atoms. The monoisotopic (exact) mass is 269 g/mol. The van der Waals surface area contributed by atoms with Gasteiger partial charge in [-0.1, -0.05) is 26.7 Å². The molecule has 5 heteroatoms. The molecule has 0 aromatic carbocycles. The Morgan fingerprint density at radius 3 is 2.44 bits per heavy atom. The molecule has 0 atom stereocenters. The van der Waals surface area contributed by atoms with Crippen LogP contribution in [0.5, 0.6) is 0 Å². The van der Waals surface area contributed by atoms with Gasteiger partial charge in [0.1, 0.15) is 4.88 Å². The molecule has 4 nitrogen and oxygen atoms in total. The van der Waals surface area contributed by atoms with E-state index in [0.717, 1.165) is 37.0 Å². The summed E-state index contributed by atoms with van der Waals surface area (Å²) in [4.78, 5) is 23.2. The lowest BCUT2D eigenvalue weighted by Crippen LogP contribution is -2.23. The van der Waals surface area contributed by atoms with E-state index in [1.54, 1.807) is 11.4 Å². The minimum absolute atomic E-state index is 0.0263. The number of thiophene rings is 1. The molecular formula is C13H19NO3S. The van der Waals surface area contributed by atoms with Crippen LogP contribution in [0.1, 0.15) is 49.2 Å². The standard InChI is InChI=1S/C13H19NO3S/c1-3-5-9(6-4-2)12(15)14-10-7-8-18-11(10)13(16)17/h7-9H,3-6H2,1-2H3,(H,14,15)(H,16,17). The zero-order valence-electron chi connectivity index (χ0n) is 10.7. The predicted molar refractivity (Wildman–Crippen MR) is 73.2 cm³/mol. The van der Waals surface area contributed by atoms with Gasteiger partial charge in [0, 0.05) is 5.92 Å². The van der Waals surface area contributed by atoms with Crippen LogP contribution in [0.4, 0.5) is 5.69 Å². The third kappa shape index (κ3) is 3.84. The van der Waals surface area contributed by atoms with Crippen LogP contribution in [0.25, 0.3) is 0 Å². The summed E-state index contributed by atoms with van der Waals surface area (Å²) in [5.41, 5.74) is 0.412. The van der Waals surface area contributed by atoms with Crippen LogP contribution in [0.15, 0.2) is 11.4 Å². The van der Waals surface area contributed by atoms with Crippen LogP contribution in [0.2, 0.25) is 0 Å². The van der Waals surface area contributed by atoms with Gasteiger partial charge in [-0.2, -0.15) is 0 Å². The molecule has 0 spiro atoms. The minimum atomic E-state index is -0.997. The average Bonchev–Trinajstić information content (AvgIpc) is 2.77. The maximum Gasteiger partial charge on any atom is 0.348 e. The second-order valence-corrected chi connectivity index (χ2v) is 5.15. The highest BCUT2D eigenvalue weighted by Crippen LogP contribution is 2.24. The smallest absolute Gasteiger partial charge is 0.348 e. The first-order chi connectivity index (χ1) is 8.60. The van der Waals surface area contributed by atoms with Gasteiger partial charge in [-0.3, -0.25) is 4.79 Å². The molecule has 0 radical (unpaired) electrons. The number of rotatable bonds is 7. The Bertz CT molecular complexity index is 408. The van der Waals surface area contributed by atoms with E-state index in [-0.39, 0.29) is 16.7 Å². The van der Waals surface area contributed by atoms with E-state index in [1.165, 1.54) is 0 Å². The lowest BCUT2D eigenvalue weighted by Gasteiger charge is -2.14. The first-order valence-electron chi connectivity index (χ1n) is 6.21. The normalized spacial score (nSPS) is 10.6. The highest BCUT2D eigenvalue weighted by atomic mass is 32.1. The van der Waals surface area contributed by atoms with Crippen LogP contribution in [0, 0.1) is 5.92 Å². The number of amides is 1. The van der Waals surface area contributed by atoms with Crippen molar-refractivity contribution in [2.75, 3.05) is 5.32 Å². The fraction of sp³-hybridized carbons (Fsp3) is 0.538. The molecule has 0 saturated heterocycles. The van der Waals surface area contributed by atoms with Gasteiger partial charge in [0.15, 0.2) is 0 Å². The molecule has 0 unspecified atom stereocenters. The van der Waals surface area contributed by atoms with Gasteiger partial charge >= 0.3 is 5.97 Å². The number of carboxylic acid groups (broad SMARTS) is 1. The van der Waals surface area contributed by atoms with Crippen molar-refractivity contribution in [3.8, 4) is 0 Å². The number of nitrogens with one attached hydrogen (secondary N) is 1. The quantitative estimate of drug-likeness (QED) is 0.794. The number of carbonyl (C=O) groups is 2. The molecule has 1 rings (SSSR count). The number of carbonyl (C=O) groups excluding carboxylic acids is 1. The molecule has 0 fully saturated rings. The third-order valence-corrected chi connectivity index (χ3v) is 3.66. The van der Waals surface area contributed by atoms with E-state index in [0.29, 0.717) is 5.69 Å². The maximum atomic E-state index is 12.1. The maximum absolute atomic E-state index is 12.1.